The quantitative estimate of drug-likeness (QED) is 0.328. The standard InChI is InChI=1S/C26H31NO2.BrH.H2O/c1-3-27(4-2)20-13-21-29-25-19-12-11-18-24(25)26(28,22-14-7-5-8-15-22)23-16-9-6-10-17-23;;/h5-12,14-19,28H,3-4,13,20-21H2,1-2H3;1H;1H2. The third kappa shape index (κ3) is 6.40. The smallest absolute Gasteiger partial charge is 0.144 e. The molecule has 0 unspecified atom stereocenters. The molecule has 31 heavy (non-hydrogen) atoms. The van der Waals surface area contributed by atoms with Crippen LogP contribution in [0.3, 0.4) is 0 Å². The summed E-state index contributed by atoms with van der Waals surface area (Å²) in [6, 6.07) is 27.4. The van der Waals surface area contributed by atoms with Crippen molar-refractivity contribution in [2.75, 3.05) is 26.2 Å². The predicted octanol–water partition coefficient (Wildman–Crippen LogP) is 4.83. The van der Waals surface area contributed by atoms with Crippen LogP contribution in [0.1, 0.15) is 37.0 Å². The van der Waals surface area contributed by atoms with Crippen LogP contribution in [-0.2, 0) is 5.60 Å². The van der Waals surface area contributed by atoms with Gasteiger partial charge in [0.2, 0.25) is 0 Å². The van der Waals surface area contributed by atoms with Crippen LogP contribution in [0.2, 0.25) is 0 Å². The highest BCUT2D eigenvalue weighted by molar-refractivity contribution is 8.93. The Morgan fingerprint density at radius 3 is 1.77 bits per heavy atom. The van der Waals surface area contributed by atoms with Gasteiger partial charge in [0.05, 0.1) is 6.61 Å². The maximum Gasteiger partial charge on any atom is 0.144 e. The van der Waals surface area contributed by atoms with Gasteiger partial charge in [-0.1, -0.05) is 92.7 Å². The molecule has 5 heteroatoms. The molecule has 0 atom stereocenters. The number of hydrogen-bond donors (Lipinski definition) is 1. The molecule has 168 valence electrons. The van der Waals surface area contributed by atoms with E-state index in [9.17, 15) is 5.11 Å². The summed E-state index contributed by atoms with van der Waals surface area (Å²) in [5, 5.41) is 12.0. The van der Waals surface area contributed by atoms with Gasteiger partial charge in [-0.2, -0.15) is 0 Å². The summed E-state index contributed by atoms with van der Waals surface area (Å²) in [7, 11) is 0. The first-order valence-corrected chi connectivity index (χ1v) is 10.5. The van der Waals surface area contributed by atoms with Crippen molar-refractivity contribution in [2.45, 2.75) is 25.9 Å². The van der Waals surface area contributed by atoms with Crippen LogP contribution < -0.4 is 4.74 Å². The van der Waals surface area contributed by atoms with Crippen molar-refractivity contribution in [1.82, 2.24) is 4.90 Å². The van der Waals surface area contributed by atoms with E-state index in [2.05, 4.69) is 18.7 Å². The van der Waals surface area contributed by atoms with Gasteiger partial charge in [-0.3, -0.25) is 0 Å². The molecule has 3 aromatic rings. The first-order valence-electron chi connectivity index (χ1n) is 10.5. The molecule has 3 rings (SSSR count). The second-order valence-electron chi connectivity index (χ2n) is 7.17. The van der Waals surface area contributed by atoms with Crippen molar-refractivity contribution in [3.05, 3.63) is 102 Å². The fraction of sp³-hybridized carbons (Fsp3) is 0.308. The third-order valence-electron chi connectivity index (χ3n) is 5.43. The average Bonchev–Trinajstić information content (AvgIpc) is 2.80. The highest BCUT2D eigenvalue weighted by Gasteiger charge is 2.36. The van der Waals surface area contributed by atoms with Gasteiger partial charge in [0.25, 0.3) is 0 Å². The van der Waals surface area contributed by atoms with Crippen LogP contribution in [0.5, 0.6) is 5.75 Å². The Kier molecular flexibility index (Phi) is 11.5. The van der Waals surface area contributed by atoms with E-state index in [1.165, 1.54) is 0 Å². The van der Waals surface area contributed by atoms with E-state index in [0.717, 1.165) is 48.5 Å². The molecular formula is C26H34BrNO3. The first-order chi connectivity index (χ1) is 14.2. The van der Waals surface area contributed by atoms with Crippen LogP contribution in [0.25, 0.3) is 0 Å². The molecule has 3 aromatic carbocycles. The fourth-order valence-electron chi connectivity index (χ4n) is 3.74. The number of halogens is 1. The van der Waals surface area contributed by atoms with Crippen molar-refractivity contribution in [3.63, 3.8) is 0 Å². The van der Waals surface area contributed by atoms with E-state index >= 15 is 0 Å². The molecular weight excluding hydrogens is 454 g/mol. The number of ether oxygens (including phenoxy) is 1. The number of para-hydroxylation sites is 1. The second kappa shape index (κ2) is 13.3. The Labute approximate surface area is 196 Å². The predicted molar refractivity (Wildman–Crippen MR) is 133 cm³/mol. The molecule has 0 aliphatic rings. The molecule has 0 bridgehead atoms. The van der Waals surface area contributed by atoms with Crippen LogP contribution in [0.4, 0.5) is 0 Å². The first kappa shape index (κ1) is 26.9. The summed E-state index contributed by atoms with van der Waals surface area (Å²) >= 11 is 0. The summed E-state index contributed by atoms with van der Waals surface area (Å²) in [6.45, 7) is 8.09. The number of nitrogens with zero attached hydrogens (tertiary/aromatic N) is 1. The largest absolute Gasteiger partial charge is 0.493 e. The lowest BCUT2D eigenvalue weighted by molar-refractivity contribution is 0.120. The van der Waals surface area contributed by atoms with E-state index in [0.29, 0.717) is 6.61 Å². The highest BCUT2D eigenvalue weighted by atomic mass is 79.9. The SMILES string of the molecule is Br.CCN(CC)CCCOc1ccccc1C(O)(c1ccccc1)c1ccccc1.O. The molecule has 0 heterocycles. The van der Waals surface area contributed by atoms with Gasteiger partial charge in [0.1, 0.15) is 11.4 Å². The second-order valence-corrected chi connectivity index (χ2v) is 7.17. The zero-order valence-corrected chi connectivity index (χ0v) is 20.0. The molecule has 0 aliphatic carbocycles. The Hall–Kier alpha value is -2.18. The van der Waals surface area contributed by atoms with Crippen molar-refractivity contribution < 1.29 is 15.3 Å². The number of aliphatic hydroxyl groups is 1. The normalized spacial score (nSPS) is 10.8. The summed E-state index contributed by atoms with van der Waals surface area (Å²) in [6.07, 6.45) is 0.950. The number of rotatable bonds is 10. The maximum atomic E-state index is 12.0. The van der Waals surface area contributed by atoms with Gasteiger partial charge in [-0.15, -0.1) is 17.0 Å². The minimum atomic E-state index is -1.28. The Morgan fingerprint density at radius 1 is 0.774 bits per heavy atom. The van der Waals surface area contributed by atoms with Gasteiger partial charge in [-0.25, -0.2) is 0 Å². The lowest BCUT2D eigenvalue weighted by Crippen LogP contribution is -2.30. The van der Waals surface area contributed by atoms with Gasteiger partial charge >= 0.3 is 0 Å². The maximum absolute atomic E-state index is 12.0. The lowest BCUT2D eigenvalue weighted by Gasteiger charge is -2.31. The van der Waals surface area contributed by atoms with Crippen molar-refractivity contribution in [3.8, 4) is 5.75 Å². The summed E-state index contributed by atoms with van der Waals surface area (Å²) in [5.74, 6) is 0.724. The van der Waals surface area contributed by atoms with E-state index in [1.54, 1.807) is 0 Å². The van der Waals surface area contributed by atoms with Crippen molar-refractivity contribution in [1.29, 1.82) is 0 Å². The summed E-state index contributed by atoms with van der Waals surface area (Å²) < 4.78 is 6.18. The minimum absolute atomic E-state index is 0. The summed E-state index contributed by atoms with van der Waals surface area (Å²) in [5.41, 5.74) is 1.13. The van der Waals surface area contributed by atoms with Crippen LogP contribution >= 0.6 is 17.0 Å². The van der Waals surface area contributed by atoms with Crippen LogP contribution in [0.15, 0.2) is 84.9 Å². The fourth-order valence-corrected chi connectivity index (χ4v) is 3.74. The number of benzene rings is 3. The van der Waals surface area contributed by atoms with Gasteiger partial charge in [-0.05, 0) is 36.7 Å². The zero-order chi connectivity index (χ0) is 20.5. The molecule has 3 N–H and O–H groups in total. The van der Waals surface area contributed by atoms with Crippen LogP contribution in [-0.4, -0.2) is 41.7 Å². The van der Waals surface area contributed by atoms with Crippen molar-refractivity contribution in [2.24, 2.45) is 0 Å². The van der Waals surface area contributed by atoms with Crippen LogP contribution in [0, 0.1) is 0 Å². The molecule has 0 radical (unpaired) electrons. The highest BCUT2D eigenvalue weighted by Crippen LogP contribution is 2.40. The minimum Gasteiger partial charge on any atom is -0.493 e. The average molecular weight is 488 g/mol. The zero-order valence-electron chi connectivity index (χ0n) is 18.3. The molecule has 4 nitrogen and oxygen atoms in total. The molecule has 0 fully saturated rings. The summed E-state index contributed by atoms with van der Waals surface area (Å²) in [4.78, 5) is 2.39. The van der Waals surface area contributed by atoms with Gasteiger partial charge in [0, 0.05) is 12.1 Å². The molecule has 0 saturated heterocycles. The van der Waals surface area contributed by atoms with Gasteiger partial charge in [0.15, 0.2) is 0 Å². The topological polar surface area (TPSA) is 64.2 Å². The monoisotopic (exact) mass is 487 g/mol. The van der Waals surface area contributed by atoms with E-state index < -0.39 is 5.60 Å². The lowest BCUT2D eigenvalue weighted by atomic mass is 9.80. The third-order valence-corrected chi connectivity index (χ3v) is 5.43. The molecule has 0 saturated carbocycles. The molecule has 0 spiro atoms. The Balaban J connectivity index is 0.00000240. The van der Waals surface area contributed by atoms with E-state index in [4.69, 9.17) is 4.74 Å². The number of hydrogen-bond acceptors (Lipinski definition) is 3. The van der Waals surface area contributed by atoms with E-state index in [1.807, 2.05) is 84.9 Å². The molecule has 0 aliphatic heterocycles. The van der Waals surface area contributed by atoms with Crippen molar-refractivity contribution >= 4 is 17.0 Å². The van der Waals surface area contributed by atoms with Gasteiger partial charge < -0.3 is 20.2 Å². The molecule has 0 aromatic heterocycles. The Bertz CT molecular complexity index is 831. The van der Waals surface area contributed by atoms with E-state index in [-0.39, 0.29) is 22.5 Å². The Morgan fingerprint density at radius 2 is 1.26 bits per heavy atom. The molecule has 0 amide bonds.